The minimum absolute atomic E-state index is 0.0143. The van der Waals surface area contributed by atoms with Crippen LogP contribution < -0.4 is 60.1 Å². The van der Waals surface area contributed by atoms with Gasteiger partial charge in [0, 0.05) is 25.3 Å². The third-order valence-electron chi connectivity index (χ3n) is 15.5. The lowest BCUT2D eigenvalue weighted by Gasteiger charge is -2.26. The number of carbonyl (C=O) groups is 4. The van der Waals surface area contributed by atoms with Gasteiger partial charge in [-0.3, -0.25) is 65.6 Å². The number of hydrogen-bond acceptors (Lipinski definition) is 16. The Bertz CT molecular complexity index is 3650. The molecule has 0 aliphatic carbocycles. The van der Waals surface area contributed by atoms with Crippen molar-refractivity contribution in [3.8, 4) is 17.2 Å². The molecular weight excluding hydrogens is 1230 g/mol. The Morgan fingerprint density at radius 1 is 0.559 bits per heavy atom. The fraction of sp³-hybridized carbons (Fsp3) is 0.343. The van der Waals surface area contributed by atoms with Crippen LogP contribution in [0.4, 0.5) is 28.4 Å². The van der Waals surface area contributed by atoms with Gasteiger partial charge in [0.25, 0.3) is 5.91 Å². The van der Waals surface area contributed by atoms with E-state index in [0.717, 1.165) is 67.6 Å². The summed E-state index contributed by atoms with van der Waals surface area (Å²) in [5.74, 6) is 1.55. The second-order valence-corrected chi connectivity index (χ2v) is 24.1. The zero-order chi connectivity index (χ0) is 66.4. The van der Waals surface area contributed by atoms with Gasteiger partial charge in [-0.25, -0.2) is 0 Å². The van der Waals surface area contributed by atoms with E-state index in [-0.39, 0.29) is 54.6 Å². The number of nitrogens with zero attached hydrogens (tertiary/aromatic N) is 4. The fourth-order valence-electron chi connectivity index (χ4n) is 10.4. The monoisotopic (exact) mass is 1310 g/mol. The zero-order valence-corrected chi connectivity index (χ0v) is 55.6. The van der Waals surface area contributed by atoms with Gasteiger partial charge in [-0.1, -0.05) is 97.4 Å². The summed E-state index contributed by atoms with van der Waals surface area (Å²) in [7, 11) is 4.85. The molecule has 0 aromatic heterocycles. The summed E-state index contributed by atoms with van der Waals surface area (Å²) >= 11 is 4.43. The summed E-state index contributed by atoms with van der Waals surface area (Å²) in [6.45, 7) is 17.1. The second kappa shape index (κ2) is 34.1. The number of halogens is 1. The lowest BCUT2D eigenvalue weighted by molar-refractivity contribution is -0.135. The largest absolute Gasteiger partial charge is 0.497 e. The van der Waals surface area contributed by atoms with Crippen molar-refractivity contribution in [3.05, 3.63) is 202 Å². The van der Waals surface area contributed by atoms with Crippen molar-refractivity contribution in [2.24, 2.45) is 11.3 Å². The maximum Gasteiger partial charge on any atom is 0.316 e. The Morgan fingerprint density at radius 3 is 1.70 bits per heavy atom. The van der Waals surface area contributed by atoms with E-state index in [1.54, 1.807) is 32.4 Å². The zero-order valence-electron chi connectivity index (χ0n) is 54.1. The van der Waals surface area contributed by atoms with Crippen molar-refractivity contribution >= 4 is 74.9 Å². The molecule has 7 aromatic rings. The van der Waals surface area contributed by atoms with Gasteiger partial charge >= 0.3 is 11.3 Å². The summed E-state index contributed by atoms with van der Waals surface area (Å²) < 4.78 is 52.9. The van der Waals surface area contributed by atoms with E-state index in [9.17, 15) is 23.4 Å². The molecule has 4 saturated heterocycles. The van der Waals surface area contributed by atoms with Gasteiger partial charge in [-0.05, 0) is 147 Å². The first-order valence-corrected chi connectivity index (χ1v) is 32.1. The molecule has 7 aromatic carbocycles. The van der Waals surface area contributed by atoms with Gasteiger partial charge in [-0.2, -0.15) is 4.21 Å². The topological polar surface area (TPSA) is 223 Å². The summed E-state index contributed by atoms with van der Waals surface area (Å²) in [5, 5.41) is 8.02. The van der Waals surface area contributed by atoms with Crippen LogP contribution in [-0.2, 0) is 49.4 Å². The highest BCUT2D eigenvalue weighted by Gasteiger charge is 2.47. The molecule has 0 bridgehead atoms. The molecule has 11 rings (SSSR count). The molecule has 0 spiro atoms. The molecule has 21 nitrogen and oxygen atoms in total. The van der Waals surface area contributed by atoms with Crippen LogP contribution >= 0.6 is 11.6 Å². The van der Waals surface area contributed by atoms with Crippen LogP contribution in [0.25, 0.3) is 0 Å². The van der Waals surface area contributed by atoms with Crippen LogP contribution in [0.5, 0.6) is 17.2 Å². The van der Waals surface area contributed by atoms with Gasteiger partial charge in [-0.15, -0.1) is 0 Å². The average molecular weight is 1310 g/mol. The van der Waals surface area contributed by atoms with Crippen molar-refractivity contribution in [1.29, 1.82) is 0 Å². The number of amides is 4. The highest BCUT2D eigenvalue weighted by molar-refractivity contribution is 7.82. The number of benzene rings is 7. The summed E-state index contributed by atoms with van der Waals surface area (Å²) in [6, 6.07) is 51.9. The third-order valence-corrected chi connectivity index (χ3v) is 16.6. The number of nitrogens with one attached hydrogen (secondary N) is 5. The molecule has 4 heterocycles. The number of ether oxygens (including phenoxy) is 6. The van der Waals surface area contributed by atoms with Crippen molar-refractivity contribution < 1.29 is 56.0 Å². The Labute approximate surface area is 552 Å². The van der Waals surface area contributed by atoms with Gasteiger partial charge < -0.3 is 32.6 Å². The normalized spacial score (nSPS) is 17.3. The first-order chi connectivity index (χ1) is 44.9. The Balaban J connectivity index is 0.000000164. The van der Waals surface area contributed by atoms with Gasteiger partial charge in [0.05, 0.1) is 126 Å². The average Bonchev–Trinajstić information content (AvgIpc) is 1.68. The molecule has 4 amide bonds. The smallest absolute Gasteiger partial charge is 0.316 e. The molecule has 4 atom stereocenters. The van der Waals surface area contributed by atoms with Crippen molar-refractivity contribution in [1.82, 2.24) is 21.7 Å². The first-order valence-electron chi connectivity index (χ1n) is 30.6. The maximum absolute atomic E-state index is 12.7. The fourth-order valence-corrected chi connectivity index (χ4v) is 11.4. The van der Waals surface area contributed by atoms with E-state index in [0.29, 0.717) is 75.7 Å². The molecule has 5 N–H and O–H groups in total. The molecule has 4 unspecified atom stereocenters. The standard InChI is InChI=1S/C24H25N3O4S.C18H28N2O5.C16H15ClN2O.C12H16N2O2/c1-16-7-8-17(2)23(13-16)31-32(29)26-19-5-4-6-20(14-19)27-15-22(24(28)25-27)18-9-11-21(30-3)12-10-18;1-15-5-4-6-16(11-15)20-12-18(17(21)19-20,13-24-9-7-22-2)14-25-10-8-23-3;1-11-5-4-6-12(9-11)19-10-14(16(20)18-19)13-7-2-3-8-15(13)17;1-3-16-11-6-4-5-10(7-11)14-8-9(2)12(15)13-14/h4-14,22,26H,15H2,1-3H3,(H,25,28);4-6,11H,7-10,12-14H2,1-3H3,(H,19,21);2-9,14H,10H2,1H3,(H,18,20);4-7,9H,3,8H2,1-2H3,(H,13,15). The summed E-state index contributed by atoms with van der Waals surface area (Å²) in [4.78, 5) is 48.9. The Morgan fingerprint density at radius 2 is 1.11 bits per heavy atom. The molecular formula is C70H84ClN9O12S. The van der Waals surface area contributed by atoms with E-state index in [1.807, 2.05) is 208 Å². The number of anilines is 5. The Hall–Kier alpha value is -8.90. The number of rotatable bonds is 23. The quantitative estimate of drug-likeness (QED) is 0.0376. The van der Waals surface area contributed by atoms with Gasteiger partial charge in [0.1, 0.15) is 22.7 Å². The molecule has 4 fully saturated rings. The highest BCUT2D eigenvalue weighted by Crippen LogP contribution is 2.34. The van der Waals surface area contributed by atoms with Crippen LogP contribution in [0, 0.1) is 39.0 Å². The number of hydrazine groups is 4. The molecule has 4 aliphatic heterocycles. The van der Waals surface area contributed by atoms with E-state index >= 15 is 0 Å². The van der Waals surface area contributed by atoms with E-state index in [4.69, 9.17) is 44.2 Å². The SMILES string of the molecule is CCOc1cccc(N2CC(C)C(=O)N2)c1.COCCOCC1(COCCOC)CN(c2cccc(C)c2)NC1=O.COc1ccc(C2CN(c3cccc(NS(=O)Oc4cc(C)ccc4C)c3)NC2=O)cc1.Cc1cccc(N2CC(c3ccccc3Cl)C(=O)N2)c1. The lowest BCUT2D eigenvalue weighted by atomic mass is 9.90. The van der Waals surface area contributed by atoms with Crippen molar-refractivity contribution in [2.45, 2.75) is 53.4 Å². The highest BCUT2D eigenvalue weighted by atomic mass is 35.5. The van der Waals surface area contributed by atoms with E-state index in [2.05, 4.69) is 32.5 Å². The van der Waals surface area contributed by atoms with Crippen molar-refractivity contribution in [2.75, 3.05) is 119 Å². The molecule has 494 valence electrons. The Kier molecular flexibility index (Phi) is 25.7. The number of aryl methyl sites for hydroxylation is 4. The van der Waals surface area contributed by atoms with E-state index in [1.165, 1.54) is 0 Å². The summed E-state index contributed by atoms with van der Waals surface area (Å²) in [5.41, 5.74) is 21.2. The molecule has 0 radical (unpaired) electrons. The van der Waals surface area contributed by atoms with Crippen LogP contribution in [0.2, 0.25) is 5.02 Å². The summed E-state index contributed by atoms with van der Waals surface area (Å²) in [6.07, 6.45) is 0. The first kappa shape index (κ1) is 70.0. The van der Waals surface area contributed by atoms with Crippen LogP contribution in [0.1, 0.15) is 59.1 Å². The minimum atomic E-state index is -1.76. The van der Waals surface area contributed by atoms with Crippen LogP contribution in [-0.4, -0.2) is 122 Å². The molecule has 4 aliphatic rings. The van der Waals surface area contributed by atoms with Crippen molar-refractivity contribution in [3.63, 3.8) is 0 Å². The minimum Gasteiger partial charge on any atom is -0.497 e. The van der Waals surface area contributed by atoms with E-state index < -0.39 is 16.7 Å². The molecule has 93 heavy (non-hydrogen) atoms. The third kappa shape index (κ3) is 19.6. The molecule has 0 saturated carbocycles. The second-order valence-electron chi connectivity index (χ2n) is 22.8. The predicted molar refractivity (Wildman–Crippen MR) is 364 cm³/mol. The van der Waals surface area contributed by atoms with Gasteiger partial charge in [0.15, 0.2) is 0 Å². The number of methoxy groups -OCH3 is 3. The molecule has 23 heteroatoms. The number of carbonyl (C=O) groups excluding carboxylic acids is 4. The van der Waals surface area contributed by atoms with Crippen LogP contribution in [0.15, 0.2) is 164 Å². The van der Waals surface area contributed by atoms with Gasteiger partial charge in [0.2, 0.25) is 17.7 Å². The lowest BCUT2D eigenvalue weighted by Crippen LogP contribution is -2.42. The predicted octanol–water partition coefficient (Wildman–Crippen LogP) is 10.0. The van der Waals surface area contributed by atoms with Crippen LogP contribution in [0.3, 0.4) is 0 Å². The number of hydrogen-bond donors (Lipinski definition) is 5. The maximum atomic E-state index is 12.7.